The molecule has 14 heteroatoms. The number of alkyl halides is 3. The molecule has 4 aromatic rings. The molecule has 2 heterocycles. The number of halogens is 5. The first-order valence-corrected chi connectivity index (χ1v) is 13.6. The zero-order valence-corrected chi connectivity index (χ0v) is 24.1. The summed E-state index contributed by atoms with van der Waals surface area (Å²) in [6.07, 6.45) is -2.25. The van der Waals surface area contributed by atoms with Gasteiger partial charge in [-0.3, -0.25) is 9.78 Å². The van der Waals surface area contributed by atoms with E-state index in [1.165, 1.54) is 24.5 Å². The van der Waals surface area contributed by atoms with Crippen molar-refractivity contribution in [1.82, 2.24) is 20.0 Å². The van der Waals surface area contributed by atoms with Crippen molar-refractivity contribution in [1.29, 1.82) is 5.26 Å². The molecular formula is C29H27ClF4N8O. The number of rotatable bonds is 8. The van der Waals surface area contributed by atoms with Gasteiger partial charge >= 0.3 is 6.18 Å². The van der Waals surface area contributed by atoms with Crippen LogP contribution >= 0.6 is 11.6 Å². The number of carbonyl (C=O) groups is 1. The molecule has 2 aromatic carbocycles. The van der Waals surface area contributed by atoms with Gasteiger partial charge < -0.3 is 16.4 Å². The molecule has 5 rings (SSSR count). The molecule has 0 unspecified atom stereocenters. The zero-order valence-electron chi connectivity index (χ0n) is 23.4. The number of nitrogens with one attached hydrogen (secondary N) is 2. The molecule has 2 aromatic heterocycles. The fourth-order valence-corrected chi connectivity index (χ4v) is 5.00. The number of hydrogen-bond acceptors (Lipinski definition) is 7. The predicted molar refractivity (Wildman–Crippen MR) is 153 cm³/mol. The molecule has 9 nitrogen and oxygen atoms in total. The summed E-state index contributed by atoms with van der Waals surface area (Å²) >= 11 is 6.52. The van der Waals surface area contributed by atoms with E-state index in [2.05, 4.69) is 32.0 Å². The van der Waals surface area contributed by atoms with E-state index in [1.54, 1.807) is 12.1 Å². The molecule has 0 radical (unpaired) electrons. The Labute approximate surface area is 249 Å². The minimum absolute atomic E-state index is 0.0606. The van der Waals surface area contributed by atoms with E-state index in [0.29, 0.717) is 28.8 Å². The third kappa shape index (κ3) is 5.79. The van der Waals surface area contributed by atoms with Gasteiger partial charge in [0.15, 0.2) is 5.54 Å². The quantitative estimate of drug-likeness (QED) is 0.198. The summed E-state index contributed by atoms with van der Waals surface area (Å²) in [6, 6.07) is 7.90. The number of hydrogen-bond donors (Lipinski definition) is 3. The Bertz CT molecular complexity index is 1770. The number of benzene rings is 2. The summed E-state index contributed by atoms with van der Waals surface area (Å²) in [5.74, 6) is -1.88. The van der Waals surface area contributed by atoms with Crippen LogP contribution in [-0.2, 0) is 5.54 Å². The van der Waals surface area contributed by atoms with Gasteiger partial charge in [-0.1, -0.05) is 43.7 Å². The number of pyridine rings is 1. The molecule has 224 valence electrons. The van der Waals surface area contributed by atoms with Crippen molar-refractivity contribution in [3.8, 4) is 6.07 Å². The van der Waals surface area contributed by atoms with Crippen LogP contribution in [0.3, 0.4) is 0 Å². The topological polar surface area (TPSA) is 135 Å². The van der Waals surface area contributed by atoms with Gasteiger partial charge in [0.05, 0.1) is 40.3 Å². The Hall–Kier alpha value is -4.44. The summed E-state index contributed by atoms with van der Waals surface area (Å²) < 4.78 is 56.8. The average molecular weight is 615 g/mol. The van der Waals surface area contributed by atoms with Gasteiger partial charge in [-0.2, -0.15) is 18.4 Å². The third-order valence-electron chi connectivity index (χ3n) is 7.24. The highest BCUT2D eigenvalue weighted by Crippen LogP contribution is 2.55. The van der Waals surface area contributed by atoms with Crippen LogP contribution < -0.4 is 16.4 Å². The highest BCUT2D eigenvalue weighted by molar-refractivity contribution is 6.32. The lowest BCUT2D eigenvalue weighted by atomic mass is 9.96. The van der Waals surface area contributed by atoms with E-state index in [0.717, 1.165) is 10.7 Å². The highest BCUT2D eigenvalue weighted by Gasteiger charge is 2.66. The number of carbonyl (C=O) groups excluding carboxylic acids is 1. The van der Waals surface area contributed by atoms with E-state index in [4.69, 9.17) is 17.3 Å². The van der Waals surface area contributed by atoms with E-state index < -0.39 is 35.0 Å². The van der Waals surface area contributed by atoms with Crippen molar-refractivity contribution in [2.24, 2.45) is 11.1 Å². The molecule has 4 N–H and O–H groups in total. The molecule has 1 amide bonds. The fourth-order valence-electron chi connectivity index (χ4n) is 4.78. The van der Waals surface area contributed by atoms with Crippen LogP contribution in [0.15, 0.2) is 42.7 Å². The maximum absolute atomic E-state index is 14.4. The van der Waals surface area contributed by atoms with Gasteiger partial charge in [0.25, 0.3) is 5.91 Å². The van der Waals surface area contributed by atoms with Gasteiger partial charge in [-0.25, -0.2) is 9.07 Å². The maximum Gasteiger partial charge on any atom is 0.413 e. The Morgan fingerprint density at radius 1 is 1.23 bits per heavy atom. The molecule has 1 aliphatic carbocycles. The number of aromatic nitrogens is 4. The standard InChI is InChI=1S/C29H27ClF4N8O/c1-27(2,3)14-38-23-16(11-35)12-37-25-19(23)9-17(30)10-21(25)39-24(15-4-5-20(31)18(8-15)26(36)43)22-13-42(41-40-22)28(6-7-28)29(32,33)34/h4-5,8-10,12-13,24,39H,6-7,14H2,1-3H3,(H2,36,43)(H,37,38)/t24-/m0/s1. The minimum Gasteiger partial charge on any atom is -0.383 e. The molecule has 0 aliphatic heterocycles. The number of nitriles is 1. The first-order chi connectivity index (χ1) is 20.1. The van der Waals surface area contributed by atoms with Gasteiger partial charge in [-0.05, 0) is 48.1 Å². The number of primary amides is 1. The van der Waals surface area contributed by atoms with Crippen molar-refractivity contribution >= 4 is 39.8 Å². The van der Waals surface area contributed by atoms with Crippen LogP contribution in [0.2, 0.25) is 5.02 Å². The SMILES string of the molecule is CC(C)(C)CNc1c(C#N)cnc2c(N[C@@H](c3ccc(F)c(C(N)=O)c3)c3cn(C4(C(F)(F)F)CC4)nn3)cc(Cl)cc12. The van der Waals surface area contributed by atoms with Crippen molar-refractivity contribution < 1.29 is 22.4 Å². The molecule has 1 atom stereocenters. The van der Waals surface area contributed by atoms with Gasteiger partial charge in [-0.15, -0.1) is 5.10 Å². The molecule has 0 bridgehead atoms. The van der Waals surface area contributed by atoms with Crippen LogP contribution in [0.5, 0.6) is 0 Å². The number of nitrogens with zero attached hydrogens (tertiary/aromatic N) is 5. The molecule has 0 saturated heterocycles. The van der Waals surface area contributed by atoms with E-state index in [-0.39, 0.29) is 40.1 Å². The first-order valence-electron chi connectivity index (χ1n) is 13.2. The lowest BCUT2D eigenvalue weighted by Crippen LogP contribution is -2.35. The molecule has 43 heavy (non-hydrogen) atoms. The van der Waals surface area contributed by atoms with E-state index >= 15 is 0 Å². The average Bonchev–Trinajstić information content (AvgIpc) is 3.61. The summed E-state index contributed by atoms with van der Waals surface area (Å²) in [4.78, 5) is 16.4. The fraction of sp³-hybridized carbons (Fsp3) is 0.345. The first kappa shape index (κ1) is 30.0. The third-order valence-corrected chi connectivity index (χ3v) is 7.46. The monoisotopic (exact) mass is 614 g/mol. The maximum atomic E-state index is 14.4. The van der Waals surface area contributed by atoms with Crippen molar-refractivity contribution in [2.75, 3.05) is 17.2 Å². The predicted octanol–water partition coefficient (Wildman–Crippen LogP) is 6.30. The van der Waals surface area contributed by atoms with Crippen LogP contribution in [0.4, 0.5) is 28.9 Å². The van der Waals surface area contributed by atoms with Crippen LogP contribution in [0.25, 0.3) is 10.9 Å². The van der Waals surface area contributed by atoms with Gasteiger partial charge in [0.1, 0.15) is 17.6 Å². The molecule has 0 spiro atoms. The van der Waals surface area contributed by atoms with Crippen molar-refractivity contribution in [3.05, 3.63) is 75.9 Å². The Morgan fingerprint density at radius 2 is 1.95 bits per heavy atom. The molecule has 1 fully saturated rings. The summed E-state index contributed by atoms with van der Waals surface area (Å²) in [6.45, 7) is 6.61. The van der Waals surface area contributed by atoms with E-state index in [1.807, 2.05) is 20.8 Å². The minimum atomic E-state index is -4.54. The number of fused-ring (bicyclic) bond motifs is 1. The summed E-state index contributed by atoms with van der Waals surface area (Å²) in [7, 11) is 0. The molecular weight excluding hydrogens is 588 g/mol. The van der Waals surface area contributed by atoms with Crippen LogP contribution in [0.1, 0.15) is 66.8 Å². The van der Waals surface area contributed by atoms with Crippen LogP contribution in [0, 0.1) is 22.6 Å². The van der Waals surface area contributed by atoms with Gasteiger partial charge in [0.2, 0.25) is 0 Å². The number of anilines is 2. The van der Waals surface area contributed by atoms with E-state index in [9.17, 15) is 27.6 Å². The second-order valence-electron chi connectivity index (χ2n) is 11.7. The highest BCUT2D eigenvalue weighted by atomic mass is 35.5. The zero-order chi connectivity index (χ0) is 31.3. The van der Waals surface area contributed by atoms with Crippen molar-refractivity contribution in [2.45, 2.75) is 51.4 Å². The Kier molecular flexibility index (Phi) is 7.46. The van der Waals surface area contributed by atoms with Gasteiger partial charge in [0, 0.05) is 23.2 Å². The van der Waals surface area contributed by atoms with Crippen LogP contribution in [-0.4, -0.2) is 38.6 Å². The summed E-state index contributed by atoms with van der Waals surface area (Å²) in [5.41, 5.74) is 4.53. The second kappa shape index (κ2) is 10.7. The molecule has 1 saturated carbocycles. The normalized spacial score (nSPS) is 15.1. The Morgan fingerprint density at radius 3 is 2.56 bits per heavy atom. The number of nitrogens with two attached hydrogens (primary N) is 1. The largest absolute Gasteiger partial charge is 0.413 e. The lowest BCUT2D eigenvalue weighted by Gasteiger charge is -2.23. The molecule has 1 aliphatic rings. The number of amides is 1. The second-order valence-corrected chi connectivity index (χ2v) is 12.2. The Balaban J connectivity index is 1.65. The summed E-state index contributed by atoms with van der Waals surface area (Å²) in [5, 5.41) is 24.9. The smallest absolute Gasteiger partial charge is 0.383 e. The lowest BCUT2D eigenvalue weighted by molar-refractivity contribution is -0.182. The van der Waals surface area contributed by atoms with Crippen molar-refractivity contribution in [3.63, 3.8) is 0 Å².